The van der Waals surface area contributed by atoms with E-state index in [9.17, 15) is 18.0 Å². The number of aromatic nitrogens is 3. The number of nitrogens with one attached hydrogen (secondary N) is 1. The highest BCUT2D eigenvalue weighted by Gasteiger charge is 2.36. The number of H-pyrrole nitrogens is 1. The summed E-state index contributed by atoms with van der Waals surface area (Å²) in [6.07, 6.45) is -1.38. The van der Waals surface area contributed by atoms with Crippen molar-refractivity contribution >= 4 is 5.69 Å². The maximum absolute atomic E-state index is 13.0. The highest BCUT2D eigenvalue weighted by atomic mass is 19.4. The first-order chi connectivity index (χ1) is 18.8. The summed E-state index contributed by atoms with van der Waals surface area (Å²) in [4.78, 5) is 13.4. The maximum atomic E-state index is 13.0. The Morgan fingerprint density at radius 1 is 1.03 bits per heavy atom. The zero-order valence-electron chi connectivity index (χ0n) is 20.7. The molecule has 1 aliphatic heterocycles. The Morgan fingerprint density at radius 2 is 1.77 bits per heavy atom. The molecule has 1 saturated carbocycles. The quantitative estimate of drug-likeness (QED) is 0.305. The Balaban J connectivity index is 1.12. The van der Waals surface area contributed by atoms with Gasteiger partial charge in [-0.1, -0.05) is 17.3 Å². The van der Waals surface area contributed by atoms with Crippen LogP contribution >= 0.6 is 0 Å². The summed E-state index contributed by atoms with van der Waals surface area (Å²) in [6, 6.07) is 13.6. The van der Waals surface area contributed by atoms with Crippen LogP contribution in [-0.2, 0) is 11.3 Å². The van der Waals surface area contributed by atoms with Crippen LogP contribution in [0.1, 0.15) is 42.9 Å². The Bertz CT molecular complexity index is 1480. The Labute approximate surface area is 220 Å². The van der Waals surface area contributed by atoms with Gasteiger partial charge in [-0.15, -0.1) is 18.3 Å². The number of rotatable bonds is 8. The lowest BCUT2D eigenvalue weighted by Gasteiger charge is -2.33. The lowest BCUT2D eigenvalue weighted by atomic mass is 10.0. The van der Waals surface area contributed by atoms with Gasteiger partial charge in [-0.2, -0.15) is 0 Å². The number of halogens is 3. The normalized spacial score (nSPS) is 16.5. The van der Waals surface area contributed by atoms with Gasteiger partial charge in [-0.3, -0.25) is 0 Å². The van der Waals surface area contributed by atoms with Crippen LogP contribution < -0.4 is 15.4 Å². The third-order valence-electron chi connectivity index (χ3n) is 6.96. The highest BCUT2D eigenvalue weighted by Crippen LogP contribution is 2.45. The van der Waals surface area contributed by atoms with Crippen LogP contribution in [0.25, 0.3) is 22.7 Å². The second-order valence-electron chi connectivity index (χ2n) is 9.65. The summed E-state index contributed by atoms with van der Waals surface area (Å²) in [5.41, 5.74) is 2.96. The summed E-state index contributed by atoms with van der Waals surface area (Å²) in [5.74, 6) is 0.204. The molecule has 0 bridgehead atoms. The molecule has 0 unspecified atom stereocenters. The minimum atomic E-state index is -4.82. The van der Waals surface area contributed by atoms with Gasteiger partial charge in [0.25, 0.3) is 0 Å². The molecule has 0 spiro atoms. The SMILES string of the molecule is O=c1[nH]nc(-c2ccc(N3CCC(OCc4c(-c5ccccc5OC(F)(F)F)noc4C4CC4)CC3)cc2)o1. The first-order valence-electron chi connectivity index (χ1n) is 12.7. The first-order valence-corrected chi connectivity index (χ1v) is 12.7. The molecule has 2 aromatic heterocycles. The van der Waals surface area contributed by atoms with E-state index in [0.29, 0.717) is 22.6 Å². The van der Waals surface area contributed by atoms with E-state index in [-0.39, 0.29) is 35.8 Å². The number of para-hydroxylation sites is 1. The van der Waals surface area contributed by atoms with Crippen LogP contribution in [0.5, 0.6) is 5.75 Å². The topological polar surface area (TPSA) is 107 Å². The predicted octanol–water partition coefficient (Wildman–Crippen LogP) is 5.65. The standard InChI is InChI=1S/C27H25F3N4O5/c28-27(29,30)38-22-4-2-1-3-20(22)23-21(24(39-33-23)16-5-6-16)15-36-19-11-13-34(14-12-19)18-9-7-17(8-10-18)25-31-32-26(35)37-25/h1-4,7-10,16,19H,5-6,11-15H2,(H,32,35). The van der Waals surface area contributed by atoms with E-state index in [1.807, 2.05) is 24.3 Å². The third-order valence-corrected chi connectivity index (χ3v) is 6.96. The number of alkyl halides is 3. The molecule has 3 heterocycles. The molecule has 0 amide bonds. The van der Waals surface area contributed by atoms with Gasteiger partial charge in [0.15, 0.2) is 0 Å². The highest BCUT2D eigenvalue weighted by molar-refractivity contribution is 5.70. The first kappa shape index (κ1) is 25.2. The minimum Gasteiger partial charge on any atom is -0.405 e. The number of nitrogens with zero attached hydrogens (tertiary/aromatic N) is 3. The van der Waals surface area contributed by atoms with Crippen molar-refractivity contribution in [3.05, 3.63) is 70.4 Å². The summed E-state index contributed by atoms with van der Waals surface area (Å²) in [5, 5.41) is 10.2. The number of hydrogen-bond donors (Lipinski definition) is 1. The zero-order chi connectivity index (χ0) is 27.0. The fourth-order valence-electron chi connectivity index (χ4n) is 4.87. The van der Waals surface area contributed by atoms with Crippen molar-refractivity contribution in [1.29, 1.82) is 0 Å². The van der Waals surface area contributed by atoms with Crippen molar-refractivity contribution in [3.63, 3.8) is 0 Å². The van der Waals surface area contributed by atoms with Gasteiger partial charge in [-0.05, 0) is 62.1 Å². The molecule has 0 atom stereocenters. The summed E-state index contributed by atoms with van der Waals surface area (Å²) in [6.45, 7) is 1.74. The van der Waals surface area contributed by atoms with E-state index < -0.39 is 12.1 Å². The van der Waals surface area contributed by atoms with Gasteiger partial charge >= 0.3 is 12.1 Å². The second kappa shape index (κ2) is 10.3. The fourth-order valence-corrected chi connectivity index (χ4v) is 4.87. The van der Waals surface area contributed by atoms with Gasteiger partial charge in [0.1, 0.15) is 17.2 Å². The molecule has 1 N–H and O–H groups in total. The van der Waals surface area contributed by atoms with Gasteiger partial charge in [0.05, 0.1) is 12.7 Å². The third kappa shape index (κ3) is 5.70. The van der Waals surface area contributed by atoms with E-state index in [2.05, 4.69) is 25.0 Å². The van der Waals surface area contributed by atoms with Crippen molar-refractivity contribution < 1.29 is 31.6 Å². The molecule has 1 aliphatic carbocycles. The number of aromatic amines is 1. The molecule has 4 aromatic rings. The van der Waals surface area contributed by atoms with Crippen LogP contribution in [0.3, 0.4) is 0 Å². The molecule has 2 fully saturated rings. The van der Waals surface area contributed by atoms with Crippen LogP contribution in [0.2, 0.25) is 0 Å². The minimum absolute atomic E-state index is 0.0182. The molecule has 0 radical (unpaired) electrons. The molecule has 2 aliphatic rings. The monoisotopic (exact) mass is 542 g/mol. The van der Waals surface area contributed by atoms with Crippen molar-refractivity contribution in [2.75, 3.05) is 18.0 Å². The van der Waals surface area contributed by atoms with Crippen LogP contribution in [0.15, 0.2) is 62.3 Å². The van der Waals surface area contributed by atoms with E-state index in [1.54, 1.807) is 12.1 Å². The Hall–Kier alpha value is -4.06. The van der Waals surface area contributed by atoms with Gasteiger partial charge in [-0.25, -0.2) is 9.89 Å². The van der Waals surface area contributed by atoms with Crippen molar-refractivity contribution in [1.82, 2.24) is 15.4 Å². The van der Waals surface area contributed by atoms with Gasteiger partial charge in [0.2, 0.25) is 5.89 Å². The van der Waals surface area contributed by atoms with Crippen molar-refractivity contribution in [3.8, 4) is 28.5 Å². The largest absolute Gasteiger partial charge is 0.573 e. The zero-order valence-corrected chi connectivity index (χ0v) is 20.7. The number of anilines is 1. The second-order valence-corrected chi connectivity index (χ2v) is 9.65. The molecule has 1 saturated heterocycles. The van der Waals surface area contributed by atoms with E-state index in [4.69, 9.17) is 13.7 Å². The lowest BCUT2D eigenvalue weighted by molar-refractivity contribution is -0.274. The van der Waals surface area contributed by atoms with Crippen molar-refractivity contribution in [2.24, 2.45) is 0 Å². The molecular weight excluding hydrogens is 517 g/mol. The molecule has 39 heavy (non-hydrogen) atoms. The van der Waals surface area contributed by atoms with Crippen LogP contribution in [-0.4, -0.2) is 40.9 Å². The molecule has 12 heteroatoms. The number of ether oxygens (including phenoxy) is 2. The number of piperidine rings is 1. The molecular formula is C27H25F3N4O5. The maximum Gasteiger partial charge on any atom is 0.573 e. The summed E-state index contributed by atoms with van der Waals surface area (Å²) in [7, 11) is 0. The van der Waals surface area contributed by atoms with Gasteiger partial charge < -0.3 is 23.3 Å². The average Bonchev–Trinajstić information content (AvgIpc) is 3.54. The number of benzene rings is 2. The predicted molar refractivity (Wildman–Crippen MR) is 133 cm³/mol. The van der Waals surface area contributed by atoms with Crippen LogP contribution in [0, 0.1) is 0 Å². The summed E-state index contributed by atoms with van der Waals surface area (Å²) < 4.78 is 60.2. The lowest BCUT2D eigenvalue weighted by Crippen LogP contribution is -2.37. The molecule has 2 aromatic carbocycles. The van der Waals surface area contributed by atoms with Gasteiger partial charge in [0, 0.05) is 41.4 Å². The molecule has 204 valence electrons. The van der Waals surface area contributed by atoms with E-state index in [1.165, 1.54) is 12.1 Å². The van der Waals surface area contributed by atoms with E-state index in [0.717, 1.165) is 44.5 Å². The summed E-state index contributed by atoms with van der Waals surface area (Å²) >= 11 is 0. The molecule has 6 rings (SSSR count). The van der Waals surface area contributed by atoms with Crippen LogP contribution in [0.4, 0.5) is 18.9 Å². The Kier molecular flexibility index (Phi) is 6.63. The average molecular weight is 543 g/mol. The van der Waals surface area contributed by atoms with E-state index >= 15 is 0 Å². The fraction of sp³-hybridized carbons (Fsp3) is 0.370. The molecule has 9 nitrogen and oxygen atoms in total. The smallest absolute Gasteiger partial charge is 0.405 e. The Morgan fingerprint density at radius 3 is 2.44 bits per heavy atom. The van der Waals surface area contributed by atoms with Crippen molar-refractivity contribution in [2.45, 2.75) is 50.7 Å². The number of hydrogen-bond acceptors (Lipinski definition) is 8.